The Balaban J connectivity index is 1.67. The molecule has 6 heteroatoms. The van der Waals surface area contributed by atoms with Crippen molar-refractivity contribution in [1.82, 2.24) is 4.98 Å². The number of amides is 1. The van der Waals surface area contributed by atoms with Gasteiger partial charge in [0.1, 0.15) is 11.5 Å². The van der Waals surface area contributed by atoms with E-state index in [0.717, 1.165) is 16.5 Å². The molecule has 0 unspecified atom stereocenters. The summed E-state index contributed by atoms with van der Waals surface area (Å²) in [5.41, 5.74) is 2.74. The van der Waals surface area contributed by atoms with Gasteiger partial charge in [-0.1, -0.05) is 30.3 Å². The number of para-hydroxylation sites is 1. The van der Waals surface area contributed by atoms with Crippen LogP contribution in [0.5, 0.6) is 11.5 Å². The number of benzene rings is 3. The Morgan fingerprint density at radius 1 is 1.07 bits per heavy atom. The van der Waals surface area contributed by atoms with Crippen LogP contribution in [-0.4, -0.2) is 21.1 Å². The Bertz CT molecular complexity index is 1210. The van der Waals surface area contributed by atoms with Crippen LogP contribution >= 0.6 is 0 Å². The summed E-state index contributed by atoms with van der Waals surface area (Å²) < 4.78 is 0. The number of rotatable bonds is 3. The zero-order chi connectivity index (χ0) is 19.0. The molecule has 0 aliphatic rings. The Labute approximate surface area is 154 Å². The number of nitrogens with one attached hydrogen (secondary N) is 1. The van der Waals surface area contributed by atoms with Crippen LogP contribution in [0.25, 0.3) is 21.7 Å². The summed E-state index contributed by atoms with van der Waals surface area (Å²) in [5, 5.41) is 30.0. The monoisotopic (exact) mass is 359 g/mol. The highest BCUT2D eigenvalue weighted by molar-refractivity contribution is 6.01. The summed E-state index contributed by atoms with van der Waals surface area (Å²) >= 11 is 0. The topological polar surface area (TPSA) is 98.0 Å². The number of phenolic OH excluding ortho intramolecular Hbond substituents is 2. The minimum absolute atomic E-state index is 0.0270. The number of carbonyl (C=O) groups is 1. The zero-order valence-electron chi connectivity index (χ0n) is 14.6. The third-order valence-corrected chi connectivity index (χ3v) is 4.57. The SMILES string of the molecule is Cc1cc(N=NC(=O)Cc2c[nH]c3ccccc23)c2c(O)cccc2c1O. The number of aromatic hydroxyl groups is 2. The fourth-order valence-corrected chi connectivity index (χ4v) is 3.23. The standard InChI is InChI=1S/C21H17N3O3/c1-12-9-17(20-15(21(12)27)6-4-8-18(20)25)23-24-19(26)10-13-11-22-16-7-3-2-5-14(13)16/h2-9,11,22,25,27H,10H2,1H3. The second-order valence-electron chi connectivity index (χ2n) is 6.39. The van der Waals surface area contributed by atoms with Gasteiger partial charge in [0, 0.05) is 22.5 Å². The molecule has 0 fully saturated rings. The minimum atomic E-state index is -0.394. The van der Waals surface area contributed by atoms with Crippen LogP contribution in [-0.2, 0) is 11.2 Å². The van der Waals surface area contributed by atoms with Gasteiger partial charge in [0.05, 0.1) is 17.5 Å². The summed E-state index contributed by atoms with van der Waals surface area (Å²) in [6.45, 7) is 1.73. The first-order chi connectivity index (χ1) is 13.0. The van der Waals surface area contributed by atoms with Gasteiger partial charge in [0.15, 0.2) is 0 Å². The summed E-state index contributed by atoms with van der Waals surface area (Å²) in [6.07, 6.45) is 1.92. The van der Waals surface area contributed by atoms with Crippen LogP contribution in [0.2, 0.25) is 0 Å². The van der Waals surface area contributed by atoms with Crippen LogP contribution in [0.15, 0.2) is 65.0 Å². The number of fused-ring (bicyclic) bond motifs is 2. The molecule has 27 heavy (non-hydrogen) atoms. The number of azo groups is 1. The molecule has 0 saturated heterocycles. The zero-order valence-corrected chi connectivity index (χ0v) is 14.6. The van der Waals surface area contributed by atoms with E-state index in [0.29, 0.717) is 22.0 Å². The molecule has 1 amide bonds. The van der Waals surface area contributed by atoms with E-state index in [1.807, 2.05) is 24.3 Å². The molecule has 0 aliphatic heterocycles. The normalized spacial score (nSPS) is 11.6. The molecule has 1 heterocycles. The Hall–Kier alpha value is -3.67. The van der Waals surface area contributed by atoms with Crippen LogP contribution in [0.3, 0.4) is 0 Å². The van der Waals surface area contributed by atoms with E-state index in [-0.39, 0.29) is 17.9 Å². The van der Waals surface area contributed by atoms with Gasteiger partial charge in [0.2, 0.25) is 0 Å². The molecule has 3 N–H and O–H groups in total. The molecule has 0 radical (unpaired) electrons. The van der Waals surface area contributed by atoms with Crippen LogP contribution < -0.4 is 0 Å². The third-order valence-electron chi connectivity index (χ3n) is 4.57. The van der Waals surface area contributed by atoms with Gasteiger partial charge in [-0.25, -0.2) is 0 Å². The lowest BCUT2D eigenvalue weighted by molar-refractivity contribution is -0.117. The molecule has 0 saturated carbocycles. The van der Waals surface area contributed by atoms with E-state index in [1.54, 1.807) is 31.3 Å². The molecule has 4 rings (SSSR count). The van der Waals surface area contributed by atoms with E-state index < -0.39 is 5.91 Å². The Kier molecular flexibility index (Phi) is 4.08. The highest BCUT2D eigenvalue weighted by Crippen LogP contribution is 2.40. The molecular formula is C21H17N3O3. The van der Waals surface area contributed by atoms with Crippen molar-refractivity contribution in [3.05, 3.63) is 65.9 Å². The van der Waals surface area contributed by atoms with Gasteiger partial charge in [-0.15, -0.1) is 10.2 Å². The van der Waals surface area contributed by atoms with Crippen LogP contribution in [0.4, 0.5) is 5.69 Å². The van der Waals surface area contributed by atoms with Gasteiger partial charge in [-0.05, 0) is 36.2 Å². The van der Waals surface area contributed by atoms with Gasteiger partial charge in [-0.2, -0.15) is 0 Å². The maximum atomic E-state index is 12.3. The number of hydrogen-bond donors (Lipinski definition) is 3. The van der Waals surface area contributed by atoms with Crippen LogP contribution in [0.1, 0.15) is 11.1 Å². The van der Waals surface area contributed by atoms with E-state index >= 15 is 0 Å². The van der Waals surface area contributed by atoms with Crippen molar-refractivity contribution in [1.29, 1.82) is 0 Å². The predicted octanol–water partition coefficient (Wildman–Crippen LogP) is 4.89. The van der Waals surface area contributed by atoms with Gasteiger partial charge >= 0.3 is 0 Å². The lowest BCUT2D eigenvalue weighted by Crippen LogP contribution is -1.97. The molecule has 0 aliphatic carbocycles. The first-order valence-corrected chi connectivity index (χ1v) is 8.48. The molecule has 6 nitrogen and oxygen atoms in total. The maximum Gasteiger partial charge on any atom is 0.269 e. The second-order valence-corrected chi connectivity index (χ2v) is 6.39. The molecule has 3 aromatic carbocycles. The summed E-state index contributed by atoms with van der Waals surface area (Å²) in [4.78, 5) is 15.4. The lowest BCUT2D eigenvalue weighted by Gasteiger charge is -2.08. The molecule has 0 spiro atoms. The fraction of sp³-hybridized carbons (Fsp3) is 0.0952. The molecule has 0 bridgehead atoms. The van der Waals surface area contributed by atoms with Gasteiger partial charge in [-0.3, -0.25) is 4.79 Å². The number of H-pyrrole nitrogens is 1. The molecule has 0 atom stereocenters. The smallest absolute Gasteiger partial charge is 0.269 e. The Morgan fingerprint density at radius 3 is 2.70 bits per heavy atom. The molecule has 134 valence electrons. The van der Waals surface area contributed by atoms with Crippen molar-refractivity contribution < 1.29 is 15.0 Å². The molecular weight excluding hydrogens is 342 g/mol. The third kappa shape index (κ3) is 3.01. The van der Waals surface area contributed by atoms with Crippen molar-refractivity contribution in [3.8, 4) is 11.5 Å². The quantitative estimate of drug-likeness (QED) is 0.454. The fourth-order valence-electron chi connectivity index (χ4n) is 3.23. The number of nitrogens with zero attached hydrogens (tertiary/aromatic N) is 2. The minimum Gasteiger partial charge on any atom is -0.507 e. The summed E-state index contributed by atoms with van der Waals surface area (Å²) in [6, 6.07) is 14.2. The van der Waals surface area contributed by atoms with E-state index in [4.69, 9.17) is 0 Å². The predicted molar refractivity (Wildman–Crippen MR) is 104 cm³/mol. The molecule has 1 aromatic heterocycles. The van der Waals surface area contributed by atoms with Crippen LogP contribution in [0, 0.1) is 6.92 Å². The molecule has 4 aromatic rings. The maximum absolute atomic E-state index is 12.3. The number of aryl methyl sites for hydroxylation is 1. The average Bonchev–Trinajstić information content (AvgIpc) is 3.06. The van der Waals surface area contributed by atoms with E-state index in [1.165, 1.54) is 6.07 Å². The number of aromatic nitrogens is 1. The van der Waals surface area contributed by atoms with Crippen molar-refractivity contribution in [2.75, 3.05) is 0 Å². The van der Waals surface area contributed by atoms with Crippen molar-refractivity contribution in [2.24, 2.45) is 10.2 Å². The van der Waals surface area contributed by atoms with Crippen molar-refractivity contribution in [2.45, 2.75) is 13.3 Å². The van der Waals surface area contributed by atoms with Crippen molar-refractivity contribution in [3.63, 3.8) is 0 Å². The first-order valence-electron chi connectivity index (χ1n) is 8.48. The van der Waals surface area contributed by atoms with E-state index in [2.05, 4.69) is 15.2 Å². The number of hydrogen-bond acceptors (Lipinski definition) is 4. The first kappa shape index (κ1) is 16.8. The van der Waals surface area contributed by atoms with Crippen molar-refractivity contribution >= 4 is 33.3 Å². The van der Waals surface area contributed by atoms with Gasteiger partial charge < -0.3 is 15.2 Å². The Morgan fingerprint density at radius 2 is 1.85 bits per heavy atom. The lowest BCUT2D eigenvalue weighted by atomic mass is 10.0. The second kappa shape index (κ2) is 6.57. The van der Waals surface area contributed by atoms with Gasteiger partial charge in [0.25, 0.3) is 5.91 Å². The highest BCUT2D eigenvalue weighted by atomic mass is 16.3. The largest absolute Gasteiger partial charge is 0.507 e. The summed E-state index contributed by atoms with van der Waals surface area (Å²) in [5.74, 6) is -0.347. The number of aromatic amines is 1. The van der Waals surface area contributed by atoms with E-state index in [9.17, 15) is 15.0 Å². The average molecular weight is 359 g/mol. The number of phenols is 2. The highest BCUT2D eigenvalue weighted by Gasteiger charge is 2.13. The summed E-state index contributed by atoms with van der Waals surface area (Å²) in [7, 11) is 0. The number of carbonyl (C=O) groups excluding carboxylic acids is 1.